The highest BCUT2D eigenvalue weighted by Gasteiger charge is 2.35. The topological polar surface area (TPSA) is 135 Å². The van der Waals surface area contributed by atoms with Crippen molar-refractivity contribution in [1.82, 2.24) is 20.4 Å². The third kappa shape index (κ3) is 12.1. The van der Waals surface area contributed by atoms with E-state index in [-0.39, 0.29) is 37.2 Å². The Bertz CT molecular complexity index is 876. The summed E-state index contributed by atoms with van der Waals surface area (Å²) in [6.45, 7) is 10.2. The van der Waals surface area contributed by atoms with E-state index in [4.69, 9.17) is 18.9 Å². The molecule has 12 nitrogen and oxygen atoms in total. The van der Waals surface area contributed by atoms with E-state index >= 15 is 0 Å². The predicted molar refractivity (Wildman–Crippen MR) is 158 cm³/mol. The van der Waals surface area contributed by atoms with E-state index in [1.807, 2.05) is 0 Å². The summed E-state index contributed by atoms with van der Waals surface area (Å²) >= 11 is 0. The molecule has 244 valence electrons. The molecular formula is C31H52N4O8. The number of esters is 2. The molecule has 43 heavy (non-hydrogen) atoms. The van der Waals surface area contributed by atoms with Crippen LogP contribution in [0.3, 0.4) is 0 Å². The van der Waals surface area contributed by atoms with Crippen LogP contribution in [-0.4, -0.2) is 110 Å². The van der Waals surface area contributed by atoms with E-state index in [2.05, 4.69) is 34.3 Å². The van der Waals surface area contributed by atoms with Crippen molar-refractivity contribution in [2.45, 2.75) is 122 Å². The highest BCUT2D eigenvalue weighted by molar-refractivity contribution is 5.69. The lowest BCUT2D eigenvalue weighted by Gasteiger charge is -2.34. The minimum atomic E-state index is -0.469. The number of hydrogen-bond acceptors (Lipinski definition) is 10. The van der Waals surface area contributed by atoms with Crippen molar-refractivity contribution in [2.24, 2.45) is 11.8 Å². The van der Waals surface area contributed by atoms with Crippen LogP contribution >= 0.6 is 0 Å². The first-order chi connectivity index (χ1) is 20.5. The summed E-state index contributed by atoms with van der Waals surface area (Å²) in [7, 11) is 0. The van der Waals surface area contributed by atoms with Gasteiger partial charge in [-0.3, -0.25) is 19.4 Å². The summed E-state index contributed by atoms with van der Waals surface area (Å²) < 4.78 is 21.5. The summed E-state index contributed by atoms with van der Waals surface area (Å²) in [5.74, 6) is 0.543. The van der Waals surface area contributed by atoms with Crippen LogP contribution in [0.15, 0.2) is 0 Å². The quantitative estimate of drug-likeness (QED) is 0.172. The molecule has 0 aromatic carbocycles. The van der Waals surface area contributed by atoms with Gasteiger partial charge >= 0.3 is 24.1 Å². The van der Waals surface area contributed by atoms with Gasteiger partial charge in [0.05, 0.1) is 0 Å². The number of rotatable bonds is 14. The molecule has 2 amide bonds. The van der Waals surface area contributed by atoms with Gasteiger partial charge in [0.2, 0.25) is 0 Å². The fraction of sp³-hybridized carbons (Fsp3) is 0.871. The van der Waals surface area contributed by atoms with E-state index in [0.29, 0.717) is 37.0 Å². The number of nitrogens with one attached hydrogen (secondary N) is 2. The van der Waals surface area contributed by atoms with Crippen molar-refractivity contribution in [2.75, 3.05) is 39.4 Å². The zero-order valence-electron chi connectivity index (χ0n) is 26.4. The number of carbonyl (C=O) groups is 4. The predicted octanol–water partition coefficient (Wildman–Crippen LogP) is 3.22. The summed E-state index contributed by atoms with van der Waals surface area (Å²) in [5.41, 5.74) is 0. The molecule has 2 N–H and O–H groups in total. The van der Waals surface area contributed by atoms with Crippen LogP contribution in [0.4, 0.5) is 9.59 Å². The van der Waals surface area contributed by atoms with Crippen LogP contribution in [0.2, 0.25) is 0 Å². The lowest BCUT2D eigenvalue weighted by Crippen LogP contribution is -2.42. The van der Waals surface area contributed by atoms with Crippen molar-refractivity contribution in [3.05, 3.63) is 0 Å². The normalized spacial score (nSPS) is 32.8. The van der Waals surface area contributed by atoms with Crippen LogP contribution in [0, 0.1) is 11.8 Å². The molecule has 0 bridgehead atoms. The molecule has 6 atom stereocenters. The van der Waals surface area contributed by atoms with Gasteiger partial charge in [-0.25, -0.2) is 9.59 Å². The van der Waals surface area contributed by atoms with Gasteiger partial charge in [-0.1, -0.05) is 0 Å². The number of carbonyl (C=O) groups excluding carboxylic acids is 4. The van der Waals surface area contributed by atoms with E-state index in [1.165, 1.54) is 20.3 Å². The van der Waals surface area contributed by atoms with E-state index < -0.39 is 24.4 Å². The number of hydrogen-bond donors (Lipinski definition) is 2. The monoisotopic (exact) mass is 608 g/mol. The van der Waals surface area contributed by atoms with Crippen molar-refractivity contribution in [3.8, 4) is 0 Å². The van der Waals surface area contributed by atoms with Gasteiger partial charge in [-0.05, 0) is 83.5 Å². The molecule has 2 saturated heterocycles. The first-order valence-electron chi connectivity index (χ1n) is 16.2. The summed E-state index contributed by atoms with van der Waals surface area (Å²) in [4.78, 5) is 52.0. The minimum Gasteiger partial charge on any atom is -0.462 e. The van der Waals surface area contributed by atoms with Crippen LogP contribution in [0.1, 0.15) is 85.5 Å². The molecule has 4 aliphatic rings. The van der Waals surface area contributed by atoms with Crippen LogP contribution in [0.25, 0.3) is 0 Å². The van der Waals surface area contributed by atoms with Gasteiger partial charge in [0.15, 0.2) is 12.2 Å². The minimum absolute atomic E-state index is 0.0757. The maximum atomic E-state index is 12.6. The Hall–Kier alpha value is -2.60. The number of nitrogens with zero attached hydrogens (tertiary/aromatic N) is 2. The SMILES string of the molecule is CC(=O)OCC(CN1CC1C)OC(=O)NC1CCC(CC2CCC(NC(=O)OC(COC(C)=O)CN3CC3C)CC2)CC1. The van der Waals surface area contributed by atoms with Gasteiger partial charge in [0.1, 0.15) is 13.2 Å². The summed E-state index contributed by atoms with van der Waals surface area (Å²) in [5, 5.41) is 6.07. The Balaban J connectivity index is 1.09. The molecule has 4 rings (SSSR count). The Morgan fingerprint density at radius 2 is 1.00 bits per heavy atom. The second-order valence-electron chi connectivity index (χ2n) is 13.2. The fourth-order valence-corrected chi connectivity index (χ4v) is 6.55. The first-order valence-corrected chi connectivity index (χ1v) is 16.2. The van der Waals surface area contributed by atoms with Gasteiger partial charge in [0, 0.05) is 64.2 Å². The summed E-state index contributed by atoms with van der Waals surface area (Å²) in [6, 6.07) is 1.16. The molecule has 12 heteroatoms. The van der Waals surface area contributed by atoms with Crippen molar-refractivity contribution < 1.29 is 38.1 Å². The molecule has 2 aliphatic heterocycles. The molecular weight excluding hydrogens is 556 g/mol. The standard InChI is InChI=1S/C31H52N4O8/c1-20-14-34(20)16-28(18-40-22(3)36)42-30(38)32-26-9-5-24(6-10-26)13-25-7-11-27(12-8-25)33-31(39)43-29(19-41-23(4)37)17-35-15-21(35)2/h20-21,24-29H,5-19H2,1-4H3,(H,32,38)(H,33,39). The van der Waals surface area contributed by atoms with Crippen molar-refractivity contribution >= 4 is 24.1 Å². The van der Waals surface area contributed by atoms with Crippen LogP contribution in [0.5, 0.6) is 0 Å². The van der Waals surface area contributed by atoms with Gasteiger partial charge in [0.25, 0.3) is 0 Å². The fourth-order valence-electron chi connectivity index (χ4n) is 6.55. The average Bonchev–Trinajstić information content (AvgIpc) is 3.85. The van der Waals surface area contributed by atoms with Gasteiger partial charge < -0.3 is 29.6 Å². The van der Waals surface area contributed by atoms with E-state index in [1.54, 1.807) is 0 Å². The van der Waals surface area contributed by atoms with E-state index in [0.717, 1.165) is 64.5 Å². The summed E-state index contributed by atoms with van der Waals surface area (Å²) in [6.07, 6.45) is 7.44. The second-order valence-corrected chi connectivity index (χ2v) is 13.2. The Morgan fingerprint density at radius 3 is 1.30 bits per heavy atom. The molecule has 0 spiro atoms. The first kappa shape index (κ1) is 33.3. The second kappa shape index (κ2) is 15.9. The molecule has 2 heterocycles. The van der Waals surface area contributed by atoms with Gasteiger partial charge in [-0.2, -0.15) is 0 Å². The molecule has 0 aromatic rings. The van der Waals surface area contributed by atoms with Crippen LogP contribution in [-0.2, 0) is 28.5 Å². The maximum absolute atomic E-state index is 12.6. The highest BCUT2D eigenvalue weighted by Crippen LogP contribution is 2.35. The smallest absolute Gasteiger partial charge is 0.407 e. The number of alkyl carbamates (subject to hydrolysis) is 2. The zero-order chi connectivity index (χ0) is 30.9. The Kier molecular flexibility index (Phi) is 12.3. The van der Waals surface area contributed by atoms with Gasteiger partial charge in [-0.15, -0.1) is 0 Å². The number of ether oxygens (including phenoxy) is 4. The Labute approximate surface area is 255 Å². The van der Waals surface area contributed by atoms with Crippen molar-refractivity contribution in [1.29, 1.82) is 0 Å². The maximum Gasteiger partial charge on any atom is 0.407 e. The zero-order valence-corrected chi connectivity index (χ0v) is 26.4. The van der Waals surface area contributed by atoms with Crippen LogP contribution < -0.4 is 10.6 Å². The highest BCUT2D eigenvalue weighted by atomic mass is 16.6. The largest absolute Gasteiger partial charge is 0.462 e. The molecule has 0 aromatic heterocycles. The lowest BCUT2D eigenvalue weighted by molar-refractivity contribution is -0.144. The third-order valence-electron chi connectivity index (χ3n) is 9.35. The molecule has 4 fully saturated rings. The lowest BCUT2D eigenvalue weighted by atomic mass is 9.76. The molecule has 2 saturated carbocycles. The molecule has 2 aliphatic carbocycles. The average molecular weight is 609 g/mol. The molecule has 0 radical (unpaired) electrons. The third-order valence-corrected chi connectivity index (χ3v) is 9.35. The van der Waals surface area contributed by atoms with E-state index in [9.17, 15) is 19.2 Å². The number of amides is 2. The van der Waals surface area contributed by atoms with Crippen molar-refractivity contribution in [3.63, 3.8) is 0 Å². The Morgan fingerprint density at radius 1 is 0.651 bits per heavy atom. The molecule has 6 unspecified atom stereocenters.